The number of amides is 2. The van der Waals surface area contributed by atoms with E-state index in [9.17, 15) is 9.59 Å². The normalized spacial score (nSPS) is 13.1. The first-order valence-corrected chi connectivity index (χ1v) is 6.89. The molecular formula is C14H17BrN2O3. The van der Waals surface area contributed by atoms with Gasteiger partial charge >= 0.3 is 12.0 Å². The Morgan fingerprint density at radius 3 is 2.45 bits per heavy atom. The topological polar surface area (TPSA) is 78.4 Å². The zero-order valence-electron chi connectivity index (χ0n) is 11.1. The molecule has 0 saturated heterocycles. The van der Waals surface area contributed by atoms with Gasteiger partial charge in [0, 0.05) is 4.47 Å². The second kappa shape index (κ2) is 7.69. The number of nitrogens with one attached hydrogen (secondary N) is 2. The standard InChI is InChI=1S/C14H17BrN2O3/c1-3-4-12(13(18)19)17-14(20)16-9(2)10-5-7-11(15)8-6-10/h3,5-9,12H,1,4H2,2H3,(H,18,19)(H2,16,17,20). The molecule has 0 heterocycles. The maximum atomic E-state index is 11.8. The summed E-state index contributed by atoms with van der Waals surface area (Å²) in [6, 6.07) is 5.81. The molecule has 0 bridgehead atoms. The molecule has 0 spiro atoms. The Morgan fingerprint density at radius 1 is 1.35 bits per heavy atom. The van der Waals surface area contributed by atoms with Gasteiger partial charge in [0.1, 0.15) is 6.04 Å². The zero-order chi connectivity index (χ0) is 15.1. The largest absolute Gasteiger partial charge is 0.480 e. The van der Waals surface area contributed by atoms with E-state index < -0.39 is 18.0 Å². The number of halogens is 1. The van der Waals surface area contributed by atoms with Gasteiger partial charge < -0.3 is 15.7 Å². The highest BCUT2D eigenvalue weighted by atomic mass is 79.9. The number of carboxylic acids is 1. The number of benzene rings is 1. The number of urea groups is 1. The Morgan fingerprint density at radius 2 is 1.95 bits per heavy atom. The van der Waals surface area contributed by atoms with Crippen LogP contribution < -0.4 is 10.6 Å². The molecule has 0 saturated carbocycles. The minimum atomic E-state index is -1.09. The van der Waals surface area contributed by atoms with Crippen LogP contribution in [0.5, 0.6) is 0 Å². The molecule has 0 fully saturated rings. The van der Waals surface area contributed by atoms with Crippen molar-refractivity contribution in [3.05, 3.63) is 47.0 Å². The van der Waals surface area contributed by atoms with Gasteiger partial charge in [-0.05, 0) is 31.0 Å². The van der Waals surface area contributed by atoms with Gasteiger partial charge in [0.2, 0.25) is 0 Å². The van der Waals surface area contributed by atoms with Gasteiger partial charge in [-0.15, -0.1) is 6.58 Å². The lowest BCUT2D eigenvalue weighted by Gasteiger charge is -2.18. The summed E-state index contributed by atoms with van der Waals surface area (Å²) in [5.74, 6) is -1.09. The molecule has 3 N–H and O–H groups in total. The van der Waals surface area contributed by atoms with Gasteiger partial charge in [-0.3, -0.25) is 0 Å². The molecule has 1 aromatic carbocycles. The molecule has 108 valence electrons. The number of rotatable bonds is 6. The lowest BCUT2D eigenvalue weighted by Crippen LogP contribution is -2.46. The lowest BCUT2D eigenvalue weighted by atomic mass is 10.1. The average Bonchev–Trinajstić information content (AvgIpc) is 2.38. The van der Waals surface area contributed by atoms with Crippen LogP contribution >= 0.6 is 15.9 Å². The fourth-order valence-corrected chi connectivity index (χ4v) is 1.88. The third-order valence-corrected chi connectivity index (χ3v) is 3.25. The Labute approximate surface area is 126 Å². The molecule has 2 amide bonds. The third kappa shape index (κ3) is 5.05. The van der Waals surface area contributed by atoms with Crippen molar-refractivity contribution in [2.75, 3.05) is 0 Å². The van der Waals surface area contributed by atoms with E-state index in [0.717, 1.165) is 10.0 Å². The molecule has 1 aromatic rings. The molecule has 20 heavy (non-hydrogen) atoms. The van der Waals surface area contributed by atoms with Gasteiger partial charge in [0.15, 0.2) is 0 Å². The number of carbonyl (C=O) groups excluding carboxylic acids is 1. The second-order valence-electron chi connectivity index (χ2n) is 4.31. The summed E-state index contributed by atoms with van der Waals surface area (Å²) in [6.07, 6.45) is 1.63. The molecular weight excluding hydrogens is 324 g/mol. The maximum Gasteiger partial charge on any atom is 0.326 e. The number of carboxylic acid groups (broad SMARTS) is 1. The Balaban J connectivity index is 2.58. The molecule has 6 heteroatoms. The van der Waals surface area contributed by atoms with Crippen LogP contribution in [0, 0.1) is 0 Å². The van der Waals surface area contributed by atoms with Crippen LogP contribution in [0.25, 0.3) is 0 Å². The van der Waals surface area contributed by atoms with Gasteiger partial charge in [0.25, 0.3) is 0 Å². The van der Waals surface area contributed by atoms with E-state index in [-0.39, 0.29) is 12.5 Å². The van der Waals surface area contributed by atoms with E-state index in [2.05, 4.69) is 33.1 Å². The minimum absolute atomic E-state index is 0.176. The third-order valence-electron chi connectivity index (χ3n) is 2.72. The number of aliphatic carboxylic acids is 1. The Bertz CT molecular complexity index is 488. The van der Waals surface area contributed by atoms with Crippen LogP contribution in [-0.2, 0) is 4.79 Å². The fraction of sp³-hybridized carbons (Fsp3) is 0.286. The first kappa shape index (κ1) is 16.2. The van der Waals surface area contributed by atoms with Crippen molar-refractivity contribution in [3.63, 3.8) is 0 Å². The average molecular weight is 341 g/mol. The first-order chi connectivity index (χ1) is 9.43. The van der Waals surface area contributed by atoms with Crippen LogP contribution in [0.3, 0.4) is 0 Å². The van der Waals surface area contributed by atoms with Crippen molar-refractivity contribution in [1.29, 1.82) is 0 Å². The summed E-state index contributed by atoms with van der Waals surface area (Å²) >= 11 is 3.34. The summed E-state index contributed by atoms with van der Waals surface area (Å²) in [7, 11) is 0. The Kier molecular flexibility index (Phi) is 6.24. The molecule has 0 aliphatic carbocycles. The molecule has 2 unspecified atom stereocenters. The van der Waals surface area contributed by atoms with Crippen molar-refractivity contribution in [1.82, 2.24) is 10.6 Å². The van der Waals surface area contributed by atoms with Crippen LogP contribution in [0.4, 0.5) is 4.79 Å². The van der Waals surface area contributed by atoms with E-state index >= 15 is 0 Å². The van der Waals surface area contributed by atoms with Gasteiger partial charge in [0.05, 0.1) is 6.04 Å². The van der Waals surface area contributed by atoms with Crippen molar-refractivity contribution in [2.24, 2.45) is 0 Å². The number of hydrogen-bond acceptors (Lipinski definition) is 2. The van der Waals surface area contributed by atoms with Crippen LogP contribution in [0.2, 0.25) is 0 Å². The highest BCUT2D eigenvalue weighted by Gasteiger charge is 2.19. The predicted molar refractivity (Wildman–Crippen MR) is 80.5 cm³/mol. The highest BCUT2D eigenvalue weighted by Crippen LogP contribution is 2.16. The van der Waals surface area contributed by atoms with Crippen molar-refractivity contribution < 1.29 is 14.7 Å². The predicted octanol–water partition coefficient (Wildman–Crippen LogP) is 2.84. The van der Waals surface area contributed by atoms with Gasteiger partial charge in [-0.2, -0.15) is 0 Å². The van der Waals surface area contributed by atoms with Crippen molar-refractivity contribution in [3.8, 4) is 0 Å². The smallest absolute Gasteiger partial charge is 0.326 e. The monoisotopic (exact) mass is 340 g/mol. The van der Waals surface area contributed by atoms with E-state index in [1.54, 1.807) is 0 Å². The highest BCUT2D eigenvalue weighted by molar-refractivity contribution is 9.10. The van der Waals surface area contributed by atoms with Gasteiger partial charge in [-0.25, -0.2) is 9.59 Å². The molecule has 0 aromatic heterocycles. The van der Waals surface area contributed by atoms with Crippen LogP contribution in [-0.4, -0.2) is 23.1 Å². The van der Waals surface area contributed by atoms with Gasteiger partial charge in [-0.1, -0.05) is 34.1 Å². The number of hydrogen-bond donors (Lipinski definition) is 3. The quantitative estimate of drug-likeness (QED) is 0.696. The fourth-order valence-electron chi connectivity index (χ4n) is 1.62. The molecule has 0 aliphatic rings. The van der Waals surface area contributed by atoms with Crippen molar-refractivity contribution in [2.45, 2.75) is 25.4 Å². The molecule has 0 radical (unpaired) electrons. The van der Waals surface area contributed by atoms with E-state index in [1.165, 1.54) is 6.08 Å². The van der Waals surface area contributed by atoms with Crippen molar-refractivity contribution >= 4 is 27.9 Å². The molecule has 5 nitrogen and oxygen atoms in total. The Hall–Kier alpha value is -1.82. The molecule has 0 aliphatic heterocycles. The number of carbonyl (C=O) groups is 2. The maximum absolute atomic E-state index is 11.8. The summed E-state index contributed by atoms with van der Waals surface area (Å²) < 4.78 is 0.954. The summed E-state index contributed by atoms with van der Waals surface area (Å²) in [5.41, 5.74) is 0.930. The van der Waals surface area contributed by atoms with Crippen LogP contribution in [0.1, 0.15) is 24.9 Å². The first-order valence-electron chi connectivity index (χ1n) is 6.10. The van der Waals surface area contributed by atoms with E-state index in [0.29, 0.717) is 0 Å². The summed E-state index contributed by atoms with van der Waals surface area (Å²) in [5, 5.41) is 14.0. The molecule has 1 rings (SSSR count). The SMILES string of the molecule is C=CCC(NC(=O)NC(C)c1ccc(Br)cc1)C(=O)O. The minimum Gasteiger partial charge on any atom is -0.480 e. The van der Waals surface area contributed by atoms with Crippen LogP contribution in [0.15, 0.2) is 41.4 Å². The lowest BCUT2D eigenvalue weighted by molar-refractivity contribution is -0.139. The van der Waals surface area contributed by atoms with E-state index in [1.807, 2.05) is 31.2 Å². The van der Waals surface area contributed by atoms with E-state index in [4.69, 9.17) is 5.11 Å². The summed E-state index contributed by atoms with van der Waals surface area (Å²) in [4.78, 5) is 22.7. The molecule has 2 atom stereocenters. The second-order valence-corrected chi connectivity index (χ2v) is 5.22. The zero-order valence-corrected chi connectivity index (χ0v) is 12.7. The summed E-state index contributed by atoms with van der Waals surface area (Å²) in [6.45, 7) is 5.29.